The zero-order valence-electron chi connectivity index (χ0n) is 14.2. The highest BCUT2D eigenvalue weighted by Crippen LogP contribution is 2.04. The number of hydrogen-bond donors (Lipinski definition) is 1. The molecule has 1 aliphatic rings. The largest absolute Gasteiger partial charge is 0.328 e. The molecular formula is C17H32N4. The van der Waals surface area contributed by atoms with Crippen molar-refractivity contribution in [2.24, 2.45) is 10.7 Å². The zero-order valence-corrected chi connectivity index (χ0v) is 14.2. The lowest BCUT2D eigenvalue weighted by molar-refractivity contribution is 0.256. The first-order valence-electron chi connectivity index (χ1n) is 7.70. The van der Waals surface area contributed by atoms with Crippen molar-refractivity contribution < 1.29 is 0 Å². The molecule has 1 rings (SSSR count). The van der Waals surface area contributed by atoms with E-state index in [0.29, 0.717) is 12.5 Å². The summed E-state index contributed by atoms with van der Waals surface area (Å²) in [6.07, 6.45) is 12.1. The minimum atomic E-state index is 0.478. The first-order chi connectivity index (χ1) is 10.0. The van der Waals surface area contributed by atoms with E-state index in [2.05, 4.69) is 41.7 Å². The Balaban J connectivity index is 0.000000423. The molecule has 2 N–H and O–H groups in total. The first kappa shape index (κ1) is 19.9. The highest BCUT2D eigenvalue weighted by atomic mass is 15.1. The Morgan fingerprint density at radius 3 is 2.52 bits per heavy atom. The van der Waals surface area contributed by atoms with Gasteiger partial charge in [0.25, 0.3) is 0 Å². The van der Waals surface area contributed by atoms with E-state index in [9.17, 15) is 0 Å². The second-order valence-electron chi connectivity index (χ2n) is 5.55. The van der Waals surface area contributed by atoms with Crippen molar-refractivity contribution in [1.29, 1.82) is 0 Å². The molecule has 0 aliphatic carbocycles. The SMILES string of the molecule is C#CC/C=C(\C=NC)CN(C)CC.CN1CCC(N)CC1. The van der Waals surface area contributed by atoms with Gasteiger partial charge in [0, 0.05) is 32.3 Å². The van der Waals surface area contributed by atoms with Crippen LogP contribution in [-0.4, -0.2) is 69.4 Å². The molecule has 0 saturated carbocycles. The Morgan fingerprint density at radius 1 is 1.48 bits per heavy atom. The van der Waals surface area contributed by atoms with Crippen LogP contribution in [-0.2, 0) is 0 Å². The molecule has 0 aromatic carbocycles. The molecule has 120 valence electrons. The number of nitrogens with two attached hydrogens (primary N) is 1. The molecule has 21 heavy (non-hydrogen) atoms. The van der Waals surface area contributed by atoms with Crippen LogP contribution in [0.5, 0.6) is 0 Å². The van der Waals surface area contributed by atoms with Crippen molar-refractivity contribution in [3.63, 3.8) is 0 Å². The predicted molar refractivity (Wildman–Crippen MR) is 93.8 cm³/mol. The van der Waals surface area contributed by atoms with Gasteiger partial charge in [-0.05, 0) is 52.1 Å². The summed E-state index contributed by atoms with van der Waals surface area (Å²) in [6, 6.07) is 0.478. The summed E-state index contributed by atoms with van der Waals surface area (Å²) in [6.45, 7) is 6.44. The van der Waals surface area contributed by atoms with Gasteiger partial charge in [0.2, 0.25) is 0 Å². The van der Waals surface area contributed by atoms with Gasteiger partial charge in [-0.25, -0.2) is 0 Å². The van der Waals surface area contributed by atoms with Crippen molar-refractivity contribution >= 4 is 6.21 Å². The Labute approximate surface area is 131 Å². The number of aliphatic imine (C=N–C) groups is 1. The van der Waals surface area contributed by atoms with E-state index in [1.807, 2.05) is 12.3 Å². The summed E-state index contributed by atoms with van der Waals surface area (Å²) in [5.41, 5.74) is 6.86. The Hall–Kier alpha value is -1.15. The monoisotopic (exact) mass is 292 g/mol. The first-order valence-corrected chi connectivity index (χ1v) is 7.70. The number of likely N-dealkylation sites (N-methyl/N-ethyl adjacent to an activating group) is 1. The third-order valence-electron chi connectivity index (χ3n) is 3.53. The Bertz CT molecular complexity index is 336. The average Bonchev–Trinajstić information content (AvgIpc) is 2.48. The summed E-state index contributed by atoms with van der Waals surface area (Å²) < 4.78 is 0. The van der Waals surface area contributed by atoms with E-state index in [1.165, 1.54) is 31.5 Å². The van der Waals surface area contributed by atoms with Gasteiger partial charge in [0.1, 0.15) is 0 Å². The molecule has 0 aromatic rings. The molecule has 0 atom stereocenters. The van der Waals surface area contributed by atoms with Gasteiger partial charge in [-0.3, -0.25) is 4.99 Å². The zero-order chi connectivity index (χ0) is 16.1. The molecule has 0 bridgehead atoms. The van der Waals surface area contributed by atoms with E-state index in [4.69, 9.17) is 12.2 Å². The summed E-state index contributed by atoms with van der Waals surface area (Å²) in [5, 5.41) is 0. The van der Waals surface area contributed by atoms with Gasteiger partial charge >= 0.3 is 0 Å². The van der Waals surface area contributed by atoms with Gasteiger partial charge in [-0.1, -0.05) is 13.0 Å². The van der Waals surface area contributed by atoms with Gasteiger partial charge in [-0.15, -0.1) is 12.3 Å². The fraction of sp³-hybridized carbons (Fsp3) is 0.706. The number of rotatable bonds is 5. The summed E-state index contributed by atoms with van der Waals surface area (Å²) in [5.74, 6) is 2.59. The maximum Gasteiger partial charge on any atom is 0.0277 e. The topological polar surface area (TPSA) is 44.9 Å². The number of piperidine rings is 1. The quantitative estimate of drug-likeness (QED) is 0.619. The fourth-order valence-electron chi connectivity index (χ4n) is 1.97. The van der Waals surface area contributed by atoms with Crippen molar-refractivity contribution in [1.82, 2.24) is 9.80 Å². The van der Waals surface area contributed by atoms with Crippen molar-refractivity contribution in [2.75, 3.05) is 47.3 Å². The number of hydrogen-bond acceptors (Lipinski definition) is 4. The van der Waals surface area contributed by atoms with Crippen LogP contribution < -0.4 is 5.73 Å². The highest BCUT2D eigenvalue weighted by molar-refractivity contribution is 5.78. The lowest BCUT2D eigenvalue weighted by Crippen LogP contribution is -2.37. The molecule has 0 radical (unpaired) electrons. The van der Waals surface area contributed by atoms with Crippen LogP contribution in [0.25, 0.3) is 0 Å². The third kappa shape index (κ3) is 11.2. The van der Waals surface area contributed by atoms with Crippen LogP contribution in [0.4, 0.5) is 0 Å². The van der Waals surface area contributed by atoms with E-state index >= 15 is 0 Å². The van der Waals surface area contributed by atoms with E-state index < -0.39 is 0 Å². The molecule has 1 heterocycles. The summed E-state index contributed by atoms with van der Waals surface area (Å²) in [7, 11) is 5.99. The normalized spacial score (nSPS) is 17.7. The molecule has 4 nitrogen and oxygen atoms in total. The summed E-state index contributed by atoms with van der Waals surface area (Å²) in [4.78, 5) is 8.52. The van der Waals surface area contributed by atoms with Crippen LogP contribution in [0.15, 0.2) is 16.6 Å². The fourth-order valence-corrected chi connectivity index (χ4v) is 1.97. The number of terminal acetylenes is 1. The van der Waals surface area contributed by atoms with Gasteiger partial charge in [0.05, 0.1) is 0 Å². The van der Waals surface area contributed by atoms with Gasteiger partial charge < -0.3 is 15.5 Å². The maximum atomic E-state index is 5.67. The van der Waals surface area contributed by atoms with Gasteiger partial charge in [-0.2, -0.15) is 0 Å². The van der Waals surface area contributed by atoms with Crippen LogP contribution in [0, 0.1) is 12.3 Å². The molecular weight excluding hydrogens is 260 g/mol. The Kier molecular flexibility index (Phi) is 11.9. The number of allylic oxidation sites excluding steroid dienone is 1. The van der Waals surface area contributed by atoms with Crippen molar-refractivity contribution in [2.45, 2.75) is 32.2 Å². The van der Waals surface area contributed by atoms with Crippen LogP contribution >= 0.6 is 0 Å². The minimum absolute atomic E-state index is 0.478. The summed E-state index contributed by atoms with van der Waals surface area (Å²) >= 11 is 0. The molecule has 0 unspecified atom stereocenters. The lowest BCUT2D eigenvalue weighted by atomic mass is 10.1. The smallest absolute Gasteiger partial charge is 0.0277 e. The van der Waals surface area contributed by atoms with E-state index in [1.54, 1.807) is 7.05 Å². The second-order valence-corrected chi connectivity index (χ2v) is 5.55. The molecule has 0 amide bonds. The maximum absolute atomic E-state index is 5.67. The molecule has 1 fully saturated rings. The number of likely N-dealkylation sites (tertiary alicyclic amines) is 1. The van der Waals surface area contributed by atoms with E-state index in [0.717, 1.165) is 13.1 Å². The molecule has 0 aromatic heterocycles. The van der Waals surface area contributed by atoms with Crippen LogP contribution in [0.3, 0.4) is 0 Å². The van der Waals surface area contributed by atoms with Crippen LogP contribution in [0.2, 0.25) is 0 Å². The highest BCUT2D eigenvalue weighted by Gasteiger charge is 2.11. The molecule has 1 saturated heterocycles. The molecule has 0 spiro atoms. The van der Waals surface area contributed by atoms with Crippen molar-refractivity contribution in [3.8, 4) is 12.3 Å². The van der Waals surface area contributed by atoms with E-state index in [-0.39, 0.29) is 0 Å². The van der Waals surface area contributed by atoms with Crippen LogP contribution in [0.1, 0.15) is 26.2 Å². The third-order valence-corrected chi connectivity index (χ3v) is 3.53. The average molecular weight is 292 g/mol. The number of nitrogens with zero attached hydrogens (tertiary/aromatic N) is 3. The molecule has 4 heteroatoms. The Morgan fingerprint density at radius 2 is 2.10 bits per heavy atom. The molecule has 1 aliphatic heterocycles. The standard InChI is InChI=1S/C11H18N2.C6H14N2/c1-5-7-8-11(9-12-3)10-13(4)6-2;1-8-4-2-6(7)3-5-8/h1,8-9H,6-7,10H2,2-4H3;6H,2-5,7H2,1H3/b11-8+,12-9?;. The predicted octanol–water partition coefficient (Wildman–Crippen LogP) is 1.63. The van der Waals surface area contributed by atoms with Gasteiger partial charge in [0.15, 0.2) is 0 Å². The lowest BCUT2D eigenvalue weighted by Gasteiger charge is -2.25. The second kappa shape index (κ2) is 12.6. The minimum Gasteiger partial charge on any atom is -0.328 e. The van der Waals surface area contributed by atoms with Crippen molar-refractivity contribution in [3.05, 3.63) is 11.6 Å².